The Bertz CT molecular complexity index is 1050. The summed E-state index contributed by atoms with van der Waals surface area (Å²) >= 11 is 12.4. The van der Waals surface area contributed by atoms with Crippen LogP contribution in [0.15, 0.2) is 53.3 Å². The fourth-order valence-corrected chi connectivity index (χ4v) is 3.41. The average molecular weight is 404 g/mol. The smallest absolute Gasteiger partial charge is 0.261 e. The van der Waals surface area contributed by atoms with Crippen LogP contribution in [-0.4, -0.2) is 27.4 Å². The molecule has 0 saturated heterocycles. The van der Waals surface area contributed by atoms with Crippen LogP contribution in [0.1, 0.15) is 29.7 Å². The average Bonchev–Trinajstić information content (AvgIpc) is 2.69. The third-order valence-corrected chi connectivity index (χ3v) is 5.36. The van der Waals surface area contributed by atoms with Gasteiger partial charge in [-0.25, -0.2) is 4.98 Å². The van der Waals surface area contributed by atoms with Crippen LogP contribution >= 0.6 is 23.2 Å². The van der Waals surface area contributed by atoms with Crippen LogP contribution in [-0.2, 0) is 11.8 Å². The molecule has 5 nitrogen and oxygen atoms in total. The first-order chi connectivity index (χ1) is 12.8. The van der Waals surface area contributed by atoms with Gasteiger partial charge in [-0.15, -0.1) is 11.6 Å². The summed E-state index contributed by atoms with van der Waals surface area (Å²) < 4.78 is 1.45. The van der Waals surface area contributed by atoms with Gasteiger partial charge in [0.1, 0.15) is 11.2 Å². The number of aromatic nitrogens is 2. The Morgan fingerprint density at radius 2 is 1.85 bits per heavy atom. The molecule has 0 saturated carbocycles. The number of nitrogens with zero attached hydrogens (tertiary/aromatic N) is 3. The number of fused-ring (bicyclic) bond motifs is 1. The summed E-state index contributed by atoms with van der Waals surface area (Å²) in [6.07, 6.45) is 0. The van der Waals surface area contributed by atoms with Gasteiger partial charge in [0.2, 0.25) is 5.91 Å². The number of halogens is 2. The molecule has 3 aromatic rings. The Morgan fingerprint density at radius 1 is 1.19 bits per heavy atom. The van der Waals surface area contributed by atoms with Crippen molar-refractivity contribution in [2.75, 3.05) is 7.05 Å². The molecule has 0 fully saturated rings. The molecule has 2 atom stereocenters. The van der Waals surface area contributed by atoms with Gasteiger partial charge in [0, 0.05) is 19.1 Å². The lowest BCUT2D eigenvalue weighted by Crippen LogP contribution is -2.36. The first kappa shape index (κ1) is 19.4. The molecule has 3 rings (SSSR count). The molecule has 0 radical (unpaired) electrons. The van der Waals surface area contributed by atoms with Crippen LogP contribution in [0.3, 0.4) is 0 Å². The normalized spacial score (nSPS) is 13.4. The van der Waals surface area contributed by atoms with E-state index in [-0.39, 0.29) is 11.5 Å². The highest BCUT2D eigenvalue weighted by Gasteiger charge is 2.27. The largest absolute Gasteiger partial charge is 0.334 e. The summed E-state index contributed by atoms with van der Waals surface area (Å²) in [5, 5.41) is 0.160. The second-order valence-corrected chi connectivity index (χ2v) is 7.27. The summed E-state index contributed by atoms with van der Waals surface area (Å²) in [5.41, 5.74) is 1.03. The molecule has 0 N–H and O–H groups in total. The summed E-state index contributed by atoms with van der Waals surface area (Å²) in [6.45, 7) is 1.81. The maximum Gasteiger partial charge on any atom is 0.261 e. The Labute approximate surface area is 167 Å². The van der Waals surface area contributed by atoms with E-state index in [0.717, 1.165) is 5.56 Å². The van der Waals surface area contributed by atoms with Gasteiger partial charge in [-0.1, -0.05) is 41.9 Å². The lowest BCUT2D eigenvalue weighted by molar-refractivity contribution is -0.131. The van der Waals surface area contributed by atoms with Crippen LogP contribution in [0, 0.1) is 0 Å². The Hall–Kier alpha value is -2.37. The van der Waals surface area contributed by atoms with E-state index in [2.05, 4.69) is 4.98 Å². The van der Waals surface area contributed by atoms with Crippen molar-refractivity contribution in [2.45, 2.75) is 18.3 Å². The lowest BCUT2D eigenvalue weighted by atomic mass is 10.1. The molecule has 1 aromatic heterocycles. The van der Waals surface area contributed by atoms with Gasteiger partial charge in [0.25, 0.3) is 5.56 Å². The fourth-order valence-electron chi connectivity index (χ4n) is 2.94. The highest BCUT2D eigenvalue weighted by Crippen LogP contribution is 2.27. The first-order valence-corrected chi connectivity index (χ1v) is 9.24. The standard InChI is InChI=1S/C20H19Cl2N3O2/c1-12(24(2)20(27)17(22)13-7-5-4-6-8-13)18-23-16-11-14(21)9-10-15(16)19(26)25(18)3/h4-12,17H,1-3H3/t12-,17-/m0/s1. The second kappa shape index (κ2) is 7.71. The molecule has 0 aliphatic heterocycles. The highest BCUT2D eigenvalue weighted by atomic mass is 35.5. The van der Waals surface area contributed by atoms with Crippen molar-refractivity contribution >= 4 is 40.0 Å². The van der Waals surface area contributed by atoms with Crippen LogP contribution in [0.4, 0.5) is 0 Å². The number of hydrogen-bond acceptors (Lipinski definition) is 3. The van der Waals surface area contributed by atoms with E-state index in [1.807, 2.05) is 25.1 Å². The molecule has 140 valence electrons. The number of hydrogen-bond donors (Lipinski definition) is 0. The quantitative estimate of drug-likeness (QED) is 0.616. The first-order valence-electron chi connectivity index (χ1n) is 8.43. The van der Waals surface area contributed by atoms with Gasteiger partial charge < -0.3 is 4.90 Å². The Balaban J connectivity index is 1.97. The molecule has 0 unspecified atom stereocenters. The molecule has 0 bridgehead atoms. The molecule has 0 aliphatic carbocycles. The van der Waals surface area contributed by atoms with Crippen molar-refractivity contribution in [3.63, 3.8) is 0 Å². The van der Waals surface area contributed by atoms with Crippen molar-refractivity contribution in [1.29, 1.82) is 0 Å². The Kier molecular flexibility index (Phi) is 5.53. The van der Waals surface area contributed by atoms with E-state index < -0.39 is 11.4 Å². The van der Waals surface area contributed by atoms with E-state index in [4.69, 9.17) is 23.2 Å². The zero-order valence-electron chi connectivity index (χ0n) is 15.2. The third kappa shape index (κ3) is 3.70. The summed E-state index contributed by atoms with van der Waals surface area (Å²) in [5.74, 6) is 0.193. The SMILES string of the molecule is C[C@@H](c1nc2cc(Cl)ccc2c(=O)n1C)N(C)C(=O)[C@@H](Cl)c1ccccc1. The van der Waals surface area contributed by atoms with E-state index in [1.165, 1.54) is 9.47 Å². The van der Waals surface area contributed by atoms with Crippen LogP contribution < -0.4 is 5.56 Å². The zero-order valence-corrected chi connectivity index (χ0v) is 16.7. The van der Waals surface area contributed by atoms with E-state index in [9.17, 15) is 9.59 Å². The van der Waals surface area contributed by atoms with E-state index in [0.29, 0.717) is 21.7 Å². The van der Waals surface area contributed by atoms with Crippen molar-refractivity contribution in [3.8, 4) is 0 Å². The van der Waals surface area contributed by atoms with E-state index in [1.54, 1.807) is 44.4 Å². The van der Waals surface area contributed by atoms with Crippen LogP contribution in [0.25, 0.3) is 10.9 Å². The van der Waals surface area contributed by atoms with Gasteiger partial charge in [0.05, 0.1) is 16.9 Å². The molecule has 0 aliphatic rings. The fraction of sp³-hybridized carbons (Fsp3) is 0.250. The van der Waals surface area contributed by atoms with Crippen molar-refractivity contribution in [3.05, 3.63) is 75.3 Å². The predicted molar refractivity (Wildman–Crippen MR) is 108 cm³/mol. The number of carbonyl (C=O) groups is 1. The highest BCUT2D eigenvalue weighted by molar-refractivity contribution is 6.31. The summed E-state index contributed by atoms with van der Waals surface area (Å²) in [4.78, 5) is 31.6. The second-order valence-electron chi connectivity index (χ2n) is 6.39. The van der Waals surface area contributed by atoms with Crippen LogP contribution in [0.2, 0.25) is 5.02 Å². The van der Waals surface area contributed by atoms with Crippen molar-refractivity contribution in [1.82, 2.24) is 14.5 Å². The number of benzene rings is 2. The van der Waals surface area contributed by atoms with Gasteiger partial charge in [0.15, 0.2) is 0 Å². The van der Waals surface area contributed by atoms with Gasteiger partial charge in [-0.05, 0) is 30.7 Å². The van der Waals surface area contributed by atoms with Gasteiger partial charge >= 0.3 is 0 Å². The Morgan fingerprint density at radius 3 is 2.52 bits per heavy atom. The number of amides is 1. The van der Waals surface area contributed by atoms with Crippen LogP contribution in [0.5, 0.6) is 0 Å². The molecule has 0 spiro atoms. The molecule has 1 heterocycles. The van der Waals surface area contributed by atoms with Gasteiger partial charge in [-0.2, -0.15) is 0 Å². The summed E-state index contributed by atoms with van der Waals surface area (Å²) in [6, 6.07) is 13.6. The molecule has 1 amide bonds. The third-order valence-electron chi connectivity index (χ3n) is 4.68. The van der Waals surface area contributed by atoms with Gasteiger partial charge in [-0.3, -0.25) is 14.2 Å². The van der Waals surface area contributed by atoms with E-state index >= 15 is 0 Å². The van der Waals surface area contributed by atoms with Crippen molar-refractivity contribution < 1.29 is 4.79 Å². The monoisotopic (exact) mass is 403 g/mol. The predicted octanol–water partition coefficient (Wildman–Crippen LogP) is 4.09. The topological polar surface area (TPSA) is 55.2 Å². The maximum absolute atomic E-state index is 12.8. The molecule has 2 aromatic carbocycles. The maximum atomic E-state index is 12.8. The minimum atomic E-state index is -0.814. The minimum absolute atomic E-state index is 0.190. The van der Waals surface area contributed by atoms with Crippen molar-refractivity contribution in [2.24, 2.45) is 7.05 Å². The molecular weight excluding hydrogens is 385 g/mol. The molecule has 7 heteroatoms. The number of likely N-dealkylation sites (N-methyl/N-ethyl adjacent to an activating group) is 1. The molecule has 27 heavy (non-hydrogen) atoms. The number of carbonyl (C=O) groups excluding carboxylic acids is 1. The summed E-state index contributed by atoms with van der Waals surface area (Å²) in [7, 11) is 3.29. The number of alkyl halides is 1. The zero-order chi connectivity index (χ0) is 19.7. The lowest BCUT2D eigenvalue weighted by Gasteiger charge is -2.28. The molecular formula is C20H19Cl2N3O2. The minimum Gasteiger partial charge on any atom is -0.334 e. The number of rotatable bonds is 4.